The van der Waals surface area contributed by atoms with E-state index in [1.165, 1.54) is 12.1 Å². The molecule has 1 aliphatic rings. The van der Waals surface area contributed by atoms with Crippen molar-refractivity contribution in [2.24, 2.45) is 0 Å². The summed E-state index contributed by atoms with van der Waals surface area (Å²) >= 11 is 0. The molecule has 27 heavy (non-hydrogen) atoms. The summed E-state index contributed by atoms with van der Waals surface area (Å²) in [4.78, 5) is 37.6. The third kappa shape index (κ3) is 5.24. The van der Waals surface area contributed by atoms with Crippen LogP contribution in [0.2, 0.25) is 0 Å². The molecule has 1 heterocycles. The summed E-state index contributed by atoms with van der Waals surface area (Å²) in [5.74, 6) is -1.01. The minimum atomic E-state index is -0.916. The maximum Gasteiger partial charge on any atom is 0.317 e. The van der Waals surface area contributed by atoms with Gasteiger partial charge in [-0.2, -0.15) is 0 Å². The number of carbonyl (C=O) groups is 2. The highest BCUT2D eigenvalue weighted by molar-refractivity contribution is 5.87. The van der Waals surface area contributed by atoms with E-state index in [0.717, 1.165) is 0 Å². The molecule has 0 bridgehead atoms. The number of nitrogens with zero attached hydrogens (tertiary/aromatic N) is 3. The number of benzene rings is 1. The van der Waals surface area contributed by atoms with Gasteiger partial charge in [0.1, 0.15) is 0 Å². The van der Waals surface area contributed by atoms with Crippen LogP contribution in [-0.4, -0.2) is 77.6 Å². The van der Waals surface area contributed by atoms with Crippen LogP contribution in [0.15, 0.2) is 24.3 Å². The van der Waals surface area contributed by atoms with Crippen molar-refractivity contribution in [1.82, 2.24) is 9.80 Å². The number of likely N-dealkylation sites (N-methyl/N-ethyl adjacent to an activating group) is 1. The molecule has 1 amide bonds. The molecule has 9 heteroatoms. The fourth-order valence-electron chi connectivity index (χ4n) is 3.18. The number of carboxylic acid groups (broad SMARTS) is 1. The van der Waals surface area contributed by atoms with Crippen molar-refractivity contribution >= 4 is 17.6 Å². The molecule has 0 aliphatic carbocycles. The van der Waals surface area contributed by atoms with Gasteiger partial charge in [0.2, 0.25) is 5.91 Å². The van der Waals surface area contributed by atoms with Crippen molar-refractivity contribution in [3.8, 4) is 0 Å². The largest absolute Gasteiger partial charge is 0.480 e. The first-order valence-electron chi connectivity index (χ1n) is 8.67. The van der Waals surface area contributed by atoms with Gasteiger partial charge in [0.05, 0.1) is 29.6 Å². The number of rotatable bonds is 7. The molecule has 148 valence electrons. The molecule has 1 aromatic rings. The van der Waals surface area contributed by atoms with Crippen LogP contribution in [0.1, 0.15) is 19.4 Å². The predicted molar refractivity (Wildman–Crippen MR) is 97.6 cm³/mol. The number of hydrogen-bond acceptors (Lipinski definition) is 6. The Morgan fingerprint density at radius 1 is 1.37 bits per heavy atom. The summed E-state index contributed by atoms with van der Waals surface area (Å²) < 4.78 is 5.67. The van der Waals surface area contributed by atoms with Gasteiger partial charge in [0, 0.05) is 31.8 Å². The number of ether oxygens (including phenoxy) is 1. The van der Waals surface area contributed by atoms with Crippen LogP contribution in [-0.2, 0) is 19.7 Å². The lowest BCUT2D eigenvalue weighted by Crippen LogP contribution is -2.53. The second-order valence-electron chi connectivity index (χ2n) is 7.26. The molecule has 1 unspecified atom stereocenters. The zero-order chi connectivity index (χ0) is 20.2. The highest BCUT2D eigenvalue weighted by Crippen LogP contribution is 2.28. The number of carboxylic acids is 1. The number of aliphatic carboxylic acids is 1. The molecule has 1 aliphatic heterocycles. The highest BCUT2D eigenvalue weighted by Gasteiger charge is 2.36. The molecule has 0 radical (unpaired) electrons. The standard InChI is InChI=1S/C18H25N3O6/c1-18(2,13-4-6-14(7-5-13)21(25)26)17(24)20-8-9-27-15(11-20)10-19(3)12-16(22)23/h4-7,15H,8-12H2,1-3H3,(H,22,23). The summed E-state index contributed by atoms with van der Waals surface area (Å²) in [6.07, 6.45) is -0.264. The van der Waals surface area contributed by atoms with E-state index in [9.17, 15) is 19.7 Å². The summed E-state index contributed by atoms with van der Waals surface area (Å²) in [5.41, 5.74) is -0.164. The number of non-ortho nitro benzene ring substituents is 1. The van der Waals surface area contributed by atoms with E-state index in [1.54, 1.807) is 42.8 Å². The van der Waals surface area contributed by atoms with E-state index < -0.39 is 16.3 Å². The Bertz CT molecular complexity index is 704. The Morgan fingerprint density at radius 3 is 2.56 bits per heavy atom. The Hall–Kier alpha value is -2.52. The Kier molecular flexibility index (Phi) is 6.50. The lowest BCUT2D eigenvalue weighted by atomic mass is 9.83. The summed E-state index contributed by atoms with van der Waals surface area (Å²) in [6, 6.07) is 6.00. The van der Waals surface area contributed by atoms with Crippen LogP contribution in [0, 0.1) is 10.1 Å². The van der Waals surface area contributed by atoms with Crippen LogP contribution in [0.5, 0.6) is 0 Å². The molecular weight excluding hydrogens is 354 g/mol. The lowest BCUT2D eigenvalue weighted by molar-refractivity contribution is -0.384. The van der Waals surface area contributed by atoms with Crippen molar-refractivity contribution in [2.75, 3.05) is 39.8 Å². The zero-order valence-corrected chi connectivity index (χ0v) is 15.8. The number of morpholine rings is 1. The maximum atomic E-state index is 13.1. The number of carbonyl (C=O) groups excluding carboxylic acids is 1. The molecule has 1 saturated heterocycles. The van der Waals surface area contributed by atoms with Crippen molar-refractivity contribution in [2.45, 2.75) is 25.4 Å². The first kappa shape index (κ1) is 20.8. The third-order valence-electron chi connectivity index (χ3n) is 4.68. The Labute approximate surface area is 157 Å². The molecule has 9 nitrogen and oxygen atoms in total. The zero-order valence-electron chi connectivity index (χ0n) is 15.8. The van der Waals surface area contributed by atoms with Crippen LogP contribution in [0.25, 0.3) is 0 Å². The van der Waals surface area contributed by atoms with Gasteiger partial charge in [-0.1, -0.05) is 12.1 Å². The van der Waals surface area contributed by atoms with Crippen LogP contribution in [0.3, 0.4) is 0 Å². The molecule has 2 rings (SSSR count). The smallest absolute Gasteiger partial charge is 0.317 e. The first-order valence-corrected chi connectivity index (χ1v) is 8.67. The second-order valence-corrected chi connectivity index (χ2v) is 7.26. The molecule has 1 atom stereocenters. The van der Waals surface area contributed by atoms with E-state index in [1.807, 2.05) is 0 Å². The molecule has 0 aromatic heterocycles. The van der Waals surface area contributed by atoms with Crippen molar-refractivity contribution in [3.05, 3.63) is 39.9 Å². The van der Waals surface area contributed by atoms with Crippen LogP contribution >= 0.6 is 0 Å². The van der Waals surface area contributed by atoms with Crippen molar-refractivity contribution < 1.29 is 24.4 Å². The molecule has 1 N–H and O–H groups in total. The quantitative estimate of drug-likeness (QED) is 0.558. The van der Waals surface area contributed by atoms with Gasteiger partial charge in [-0.15, -0.1) is 0 Å². The predicted octanol–water partition coefficient (Wildman–Crippen LogP) is 1.12. The van der Waals surface area contributed by atoms with E-state index in [4.69, 9.17) is 9.84 Å². The van der Waals surface area contributed by atoms with Crippen LogP contribution in [0.4, 0.5) is 5.69 Å². The van der Waals surface area contributed by atoms with Crippen molar-refractivity contribution in [1.29, 1.82) is 0 Å². The van der Waals surface area contributed by atoms with Gasteiger partial charge in [0.25, 0.3) is 5.69 Å². The summed E-state index contributed by atoms with van der Waals surface area (Å²) in [7, 11) is 1.69. The molecule has 0 saturated carbocycles. The Morgan fingerprint density at radius 2 is 2.00 bits per heavy atom. The number of amides is 1. The van der Waals surface area contributed by atoms with E-state index in [2.05, 4.69) is 0 Å². The fourth-order valence-corrected chi connectivity index (χ4v) is 3.18. The summed E-state index contributed by atoms with van der Waals surface area (Å²) in [6.45, 7) is 5.10. The summed E-state index contributed by atoms with van der Waals surface area (Å²) in [5, 5.41) is 19.7. The number of hydrogen-bond donors (Lipinski definition) is 1. The first-order chi connectivity index (χ1) is 12.6. The van der Waals surface area contributed by atoms with E-state index in [-0.39, 0.29) is 24.2 Å². The lowest BCUT2D eigenvalue weighted by Gasteiger charge is -2.38. The molecular formula is C18H25N3O6. The van der Waals surface area contributed by atoms with Gasteiger partial charge in [0.15, 0.2) is 0 Å². The third-order valence-corrected chi connectivity index (χ3v) is 4.68. The number of nitro benzene ring substituents is 1. The molecule has 0 spiro atoms. The van der Waals surface area contributed by atoms with Gasteiger partial charge in [-0.25, -0.2) is 0 Å². The topological polar surface area (TPSA) is 113 Å². The fraction of sp³-hybridized carbons (Fsp3) is 0.556. The monoisotopic (exact) mass is 379 g/mol. The van der Waals surface area contributed by atoms with E-state index in [0.29, 0.717) is 31.8 Å². The SMILES string of the molecule is CN(CC(=O)O)CC1CN(C(=O)C(C)(C)c2ccc([N+](=O)[O-])cc2)CCO1. The average Bonchev–Trinajstić information content (AvgIpc) is 2.60. The van der Waals surface area contributed by atoms with Gasteiger partial charge in [-0.3, -0.25) is 24.6 Å². The maximum absolute atomic E-state index is 13.1. The van der Waals surface area contributed by atoms with Gasteiger partial charge >= 0.3 is 5.97 Å². The molecule has 1 fully saturated rings. The average molecular weight is 379 g/mol. The van der Waals surface area contributed by atoms with Gasteiger partial charge in [-0.05, 0) is 26.5 Å². The highest BCUT2D eigenvalue weighted by atomic mass is 16.6. The van der Waals surface area contributed by atoms with Gasteiger partial charge < -0.3 is 14.7 Å². The molecule has 1 aromatic carbocycles. The number of nitro groups is 1. The second kappa shape index (κ2) is 8.45. The van der Waals surface area contributed by atoms with Crippen molar-refractivity contribution in [3.63, 3.8) is 0 Å². The minimum absolute atomic E-state index is 0.0186. The minimum Gasteiger partial charge on any atom is -0.480 e. The van der Waals surface area contributed by atoms with Crippen LogP contribution < -0.4 is 0 Å². The Balaban J connectivity index is 2.06. The van der Waals surface area contributed by atoms with E-state index >= 15 is 0 Å². The normalized spacial score (nSPS) is 17.8.